The SMILES string of the molecule is CC(CN(C(=O)C1CCCCC1)C1CCCCC1)C(=O)O. The van der Waals surface area contributed by atoms with Gasteiger partial charge in [-0.05, 0) is 25.7 Å². The highest BCUT2D eigenvalue weighted by Crippen LogP contribution is 2.30. The van der Waals surface area contributed by atoms with E-state index in [1.165, 1.54) is 25.7 Å². The monoisotopic (exact) mass is 295 g/mol. The molecule has 0 spiro atoms. The third-order valence-electron chi connectivity index (χ3n) is 5.15. The summed E-state index contributed by atoms with van der Waals surface area (Å²) in [6.07, 6.45) is 11.2. The van der Waals surface area contributed by atoms with Crippen molar-refractivity contribution in [1.29, 1.82) is 0 Å². The molecule has 0 aromatic carbocycles. The van der Waals surface area contributed by atoms with E-state index in [-0.39, 0.29) is 17.9 Å². The predicted octanol–water partition coefficient (Wildman–Crippen LogP) is 3.45. The quantitative estimate of drug-likeness (QED) is 0.845. The van der Waals surface area contributed by atoms with Gasteiger partial charge in [0.1, 0.15) is 0 Å². The van der Waals surface area contributed by atoms with Crippen molar-refractivity contribution in [3.8, 4) is 0 Å². The zero-order valence-electron chi connectivity index (χ0n) is 13.2. The molecule has 0 aliphatic heterocycles. The number of rotatable bonds is 5. The van der Waals surface area contributed by atoms with Gasteiger partial charge < -0.3 is 10.0 Å². The van der Waals surface area contributed by atoms with Gasteiger partial charge in [0.2, 0.25) is 5.91 Å². The molecule has 2 rings (SSSR count). The van der Waals surface area contributed by atoms with Gasteiger partial charge in [-0.25, -0.2) is 0 Å². The number of carbonyl (C=O) groups excluding carboxylic acids is 1. The molecule has 0 aromatic rings. The molecule has 0 heterocycles. The van der Waals surface area contributed by atoms with Gasteiger partial charge in [0.15, 0.2) is 0 Å². The highest BCUT2D eigenvalue weighted by Gasteiger charge is 2.33. The van der Waals surface area contributed by atoms with E-state index in [1.54, 1.807) is 6.92 Å². The summed E-state index contributed by atoms with van der Waals surface area (Å²) >= 11 is 0. The zero-order chi connectivity index (χ0) is 15.2. The molecule has 1 unspecified atom stereocenters. The Morgan fingerprint density at radius 2 is 1.52 bits per heavy atom. The third kappa shape index (κ3) is 4.45. The van der Waals surface area contributed by atoms with E-state index < -0.39 is 11.9 Å². The summed E-state index contributed by atoms with van der Waals surface area (Å²) in [6.45, 7) is 2.10. The first kappa shape index (κ1) is 16.3. The van der Waals surface area contributed by atoms with Crippen molar-refractivity contribution in [3.05, 3.63) is 0 Å². The Kier molecular flexibility index (Phi) is 6.07. The van der Waals surface area contributed by atoms with Crippen LogP contribution in [0.5, 0.6) is 0 Å². The number of amides is 1. The molecule has 4 nitrogen and oxygen atoms in total. The molecule has 0 aromatic heterocycles. The van der Waals surface area contributed by atoms with Crippen molar-refractivity contribution in [2.24, 2.45) is 11.8 Å². The van der Waals surface area contributed by atoms with E-state index in [0.29, 0.717) is 6.54 Å². The molecule has 0 saturated heterocycles. The molecule has 0 bridgehead atoms. The van der Waals surface area contributed by atoms with Gasteiger partial charge in [-0.3, -0.25) is 9.59 Å². The van der Waals surface area contributed by atoms with Crippen LogP contribution in [0.4, 0.5) is 0 Å². The summed E-state index contributed by atoms with van der Waals surface area (Å²) in [7, 11) is 0. The van der Waals surface area contributed by atoms with Gasteiger partial charge in [-0.1, -0.05) is 45.4 Å². The molecular formula is C17H29NO3. The predicted molar refractivity (Wildman–Crippen MR) is 82.0 cm³/mol. The number of nitrogens with zero attached hydrogens (tertiary/aromatic N) is 1. The van der Waals surface area contributed by atoms with Gasteiger partial charge in [0, 0.05) is 18.5 Å². The van der Waals surface area contributed by atoms with Crippen LogP contribution in [0.15, 0.2) is 0 Å². The first-order chi connectivity index (χ1) is 10.1. The second-order valence-electron chi connectivity index (χ2n) is 6.86. The fourth-order valence-electron chi connectivity index (χ4n) is 3.77. The minimum Gasteiger partial charge on any atom is -0.481 e. The molecule has 21 heavy (non-hydrogen) atoms. The molecule has 2 aliphatic carbocycles. The largest absolute Gasteiger partial charge is 0.481 e. The Labute approximate surface area is 127 Å². The molecule has 0 radical (unpaired) electrons. The molecule has 2 fully saturated rings. The van der Waals surface area contributed by atoms with E-state index in [0.717, 1.165) is 38.5 Å². The van der Waals surface area contributed by atoms with Crippen LogP contribution < -0.4 is 0 Å². The molecule has 2 aliphatic rings. The minimum atomic E-state index is -0.799. The average molecular weight is 295 g/mol. The molecule has 1 amide bonds. The topological polar surface area (TPSA) is 57.6 Å². The van der Waals surface area contributed by atoms with Crippen LogP contribution >= 0.6 is 0 Å². The average Bonchev–Trinajstić information content (AvgIpc) is 2.53. The lowest BCUT2D eigenvalue weighted by molar-refractivity contribution is -0.146. The second-order valence-corrected chi connectivity index (χ2v) is 6.86. The number of aliphatic carboxylic acids is 1. The highest BCUT2D eigenvalue weighted by molar-refractivity contribution is 5.80. The van der Waals surface area contributed by atoms with Crippen molar-refractivity contribution >= 4 is 11.9 Å². The van der Waals surface area contributed by atoms with Crippen molar-refractivity contribution in [2.45, 2.75) is 77.2 Å². The van der Waals surface area contributed by atoms with Crippen molar-refractivity contribution in [2.75, 3.05) is 6.54 Å². The third-order valence-corrected chi connectivity index (χ3v) is 5.15. The smallest absolute Gasteiger partial charge is 0.308 e. The Balaban J connectivity index is 2.05. The summed E-state index contributed by atoms with van der Waals surface area (Å²) in [5, 5.41) is 9.18. The summed E-state index contributed by atoms with van der Waals surface area (Å²) in [6, 6.07) is 0.273. The summed E-state index contributed by atoms with van der Waals surface area (Å²) < 4.78 is 0. The maximum absolute atomic E-state index is 12.9. The van der Waals surface area contributed by atoms with Crippen molar-refractivity contribution in [3.63, 3.8) is 0 Å². The maximum atomic E-state index is 12.9. The summed E-state index contributed by atoms with van der Waals surface area (Å²) in [4.78, 5) is 26.0. The molecule has 1 N–H and O–H groups in total. The summed E-state index contributed by atoms with van der Waals surface area (Å²) in [5.74, 6) is -0.900. The van der Waals surface area contributed by atoms with Crippen molar-refractivity contribution in [1.82, 2.24) is 4.90 Å². The Morgan fingerprint density at radius 1 is 1.00 bits per heavy atom. The molecule has 4 heteroatoms. The first-order valence-corrected chi connectivity index (χ1v) is 8.63. The highest BCUT2D eigenvalue weighted by atomic mass is 16.4. The van der Waals surface area contributed by atoms with E-state index in [9.17, 15) is 14.7 Å². The Morgan fingerprint density at radius 3 is 2.05 bits per heavy atom. The van der Waals surface area contributed by atoms with Crippen LogP contribution in [0.25, 0.3) is 0 Å². The van der Waals surface area contributed by atoms with E-state index in [1.807, 2.05) is 4.90 Å². The van der Waals surface area contributed by atoms with Crippen LogP contribution in [-0.4, -0.2) is 34.5 Å². The normalized spacial score (nSPS) is 22.7. The molecule has 1 atom stereocenters. The lowest BCUT2D eigenvalue weighted by atomic mass is 9.86. The van der Waals surface area contributed by atoms with Crippen LogP contribution in [-0.2, 0) is 9.59 Å². The van der Waals surface area contributed by atoms with Gasteiger partial charge in [0.25, 0.3) is 0 Å². The van der Waals surface area contributed by atoms with Gasteiger partial charge in [-0.15, -0.1) is 0 Å². The fourth-order valence-corrected chi connectivity index (χ4v) is 3.77. The van der Waals surface area contributed by atoms with Gasteiger partial charge in [0.05, 0.1) is 5.92 Å². The van der Waals surface area contributed by atoms with Gasteiger partial charge in [-0.2, -0.15) is 0 Å². The molecule has 120 valence electrons. The zero-order valence-corrected chi connectivity index (χ0v) is 13.2. The van der Waals surface area contributed by atoms with E-state index in [2.05, 4.69) is 0 Å². The Hall–Kier alpha value is -1.06. The molecular weight excluding hydrogens is 266 g/mol. The second kappa shape index (κ2) is 7.81. The molecule has 2 saturated carbocycles. The van der Waals surface area contributed by atoms with Crippen LogP contribution in [0.3, 0.4) is 0 Å². The van der Waals surface area contributed by atoms with Crippen LogP contribution in [0.2, 0.25) is 0 Å². The minimum absolute atomic E-state index is 0.140. The van der Waals surface area contributed by atoms with Crippen molar-refractivity contribution < 1.29 is 14.7 Å². The number of carboxylic acid groups (broad SMARTS) is 1. The fraction of sp³-hybridized carbons (Fsp3) is 0.882. The number of carboxylic acids is 1. The summed E-state index contributed by atoms with van der Waals surface area (Å²) in [5.41, 5.74) is 0. The van der Waals surface area contributed by atoms with E-state index >= 15 is 0 Å². The van der Waals surface area contributed by atoms with Gasteiger partial charge >= 0.3 is 5.97 Å². The van der Waals surface area contributed by atoms with E-state index in [4.69, 9.17) is 0 Å². The number of hydrogen-bond acceptors (Lipinski definition) is 2. The van der Waals surface area contributed by atoms with Crippen LogP contribution in [0.1, 0.15) is 71.1 Å². The lowest BCUT2D eigenvalue weighted by Crippen LogP contribution is -2.47. The number of hydrogen-bond donors (Lipinski definition) is 1. The Bertz CT molecular complexity index is 357. The lowest BCUT2D eigenvalue weighted by Gasteiger charge is -2.38. The van der Waals surface area contributed by atoms with Crippen LogP contribution in [0, 0.1) is 11.8 Å². The standard InChI is InChI=1S/C17H29NO3/c1-13(17(20)21)12-18(15-10-6-3-7-11-15)16(19)14-8-4-2-5-9-14/h13-15H,2-12H2,1H3,(H,20,21). The maximum Gasteiger partial charge on any atom is 0.308 e. The number of carbonyl (C=O) groups is 2. The first-order valence-electron chi connectivity index (χ1n) is 8.63.